The number of benzene rings is 2. The predicted octanol–water partition coefficient (Wildman–Crippen LogP) is 2.84. The van der Waals surface area contributed by atoms with Gasteiger partial charge in [0.2, 0.25) is 26.0 Å². The SMILES string of the molecule is Cc1cc(Cl)ccc1N(CC(=O)Nc1ccc(S(=O)(=O)N2CCCC2)cc1)S(C)(=O)=O. The number of halogens is 1. The van der Waals surface area contributed by atoms with Crippen LogP contribution in [0.25, 0.3) is 0 Å². The molecule has 168 valence electrons. The van der Waals surface area contributed by atoms with Crippen molar-refractivity contribution in [3.63, 3.8) is 0 Å². The molecule has 1 saturated heterocycles. The van der Waals surface area contributed by atoms with Crippen LogP contribution in [0.3, 0.4) is 0 Å². The molecule has 0 bridgehead atoms. The predicted molar refractivity (Wildman–Crippen MR) is 121 cm³/mol. The number of anilines is 2. The lowest BCUT2D eigenvalue weighted by Gasteiger charge is -2.23. The Bertz CT molecular complexity index is 1180. The molecule has 0 aromatic heterocycles. The lowest BCUT2D eigenvalue weighted by Crippen LogP contribution is -2.37. The monoisotopic (exact) mass is 485 g/mol. The number of aryl methyl sites for hydroxylation is 1. The molecule has 8 nitrogen and oxygen atoms in total. The number of carbonyl (C=O) groups is 1. The van der Waals surface area contributed by atoms with Gasteiger partial charge in [-0.25, -0.2) is 16.8 Å². The normalized spacial score (nSPS) is 15.1. The van der Waals surface area contributed by atoms with E-state index in [-0.39, 0.29) is 4.90 Å². The van der Waals surface area contributed by atoms with E-state index in [2.05, 4.69) is 5.32 Å². The van der Waals surface area contributed by atoms with Crippen molar-refractivity contribution < 1.29 is 21.6 Å². The van der Waals surface area contributed by atoms with Crippen LogP contribution in [0.1, 0.15) is 18.4 Å². The van der Waals surface area contributed by atoms with Gasteiger partial charge in [0.1, 0.15) is 6.54 Å². The van der Waals surface area contributed by atoms with Gasteiger partial charge in [-0.05, 0) is 67.8 Å². The van der Waals surface area contributed by atoms with Crippen LogP contribution in [-0.2, 0) is 24.8 Å². The molecule has 2 aromatic carbocycles. The van der Waals surface area contributed by atoms with E-state index < -0.39 is 32.5 Å². The smallest absolute Gasteiger partial charge is 0.245 e. The Kier molecular flexibility index (Phi) is 6.95. The fraction of sp³-hybridized carbons (Fsp3) is 0.350. The van der Waals surface area contributed by atoms with Crippen LogP contribution in [0.15, 0.2) is 47.4 Å². The van der Waals surface area contributed by atoms with Crippen LogP contribution in [0, 0.1) is 6.92 Å². The minimum absolute atomic E-state index is 0.155. The second kappa shape index (κ2) is 9.15. The van der Waals surface area contributed by atoms with E-state index in [1.165, 1.54) is 28.6 Å². The molecule has 2 aromatic rings. The number of nitrogens with one attached hydrogen (secondary N) is 1. The maximum absolute atomic E-state index is 12.6. The van der Waals surface area contributed by atoms with E-state index in [1.54, 1.807) is 25.1 Å². The molecule has 0 spiro atoms. The first-order valence-corrected chi connectivity index (χ1v) is 13.3. The third-order valence-corrected chi connectivity index (χ3v) is 8.23. The highest BCUT2D eigenvalue weighted by atomic mass is 35.5. The van der Waals surface area contributed by atoms with Crippen LogP contribution >= 0.6 is 11.6 Å². The largest absolute Gasteiger partial charge is 0.325 e. The van der Waals surface area contributed by atoms with Gasteiger partial charge in [0.25, 0.3) is 0 Å². The van der Waals surface area contributed by atoms with Gasteiger partial charge in [-0.3, -0.25) is 9.10 Å². The van der Waals surface area contributed by atoms with Gasteiger partial charge in [-0.1, -0.05) is 11.6 Å². The second-order valence-electron chi connectivity index (χ2n) is 7.38. The zero-order chi connectivity index (χ0) is 22.8. The Balaban J connectivity index is 1.74. The topological polar surface area (TPSA) is 104 Å². The van der Waals surface area contributed by atoms with Crippen LogP contribution in [0.5, 0.6) is 0 Å². The summed E-state index contributed by atoms with van der Waals surface area (Å²) in [5, 5.41) is 3.07. The zero-order valence-electron chi connectivity index (χ0n) is 17.2. The molecule has 0 saturated carbocycles. The molecule has 1 amide bonds. The average Bonchev–Trinajstić information content (AvgIpc) is 3.22. The van der Waals surface area contributed by atoms with E-state index in [0.717, 1.165) is 23.4 Å². The maximum atomic E-state index is 12.6. The molecular weight excluding hydrogens is 462 g/mol. The third-order valence-electron chi connectivity index (χ3n) is 4.96. The molecule has 11 heteroatoms. The summed E-state index contributed by atoms with van der Waals surface area (Å²) in [7, 11) is -7.28. The third kappa shape index (κ3) is 5.57. The van der Waals surface area contributed by atoms with Crippen molar-refractivity contribution in [3.8, 4) is 0 Å². The molecule has 0 aliphatic carbocycles. The second-order valence-corrected chi connectivity index (χ2v) is 11.7. The lowest BCUT2D eigenvalue weighted by molar-refractivity contribution is -0.114. The molecule has 1 aliphatic rings. The molecule has 0 unspecified atom stereocenters. The highest BCUT2D eigenvalue weighted by molar-refractivity contribution is 7.92. The van der Waals surface area contributed by atoms with Crippen molar-refractivity contribution in [1.82, 2.24) is 4.31 Å². The number of rotatable bonds is 7. The van der Waals surface area contributed by atoms with Gasteiger partial charge in [0.15, 0.2) is 0 Å². The fourth-order valence-electron chi connectivity index (χ4n) is 3.40. The summed E-state index contributed by atoms with van der Waals surface area (Å²) >= 11 is 5.94. The molecule has 1 fully saturated rings. The molecule has 31 heavy (non-hydrogen) atoms. The van der Waals surface area contributed by atoms with E-state index in [9.17, 15) is 21.6 Å². The van der Waals surface area contributed by atoms with Crippen LogP contribution in [-0.4, -0.2) is 52.9 Å². The first-order chi connectivity index (χ1) is 14.5. The molecule has 1 N–H and O–H groups in total. The maximum Gasteiger partial charge on any atom is 0.245 e. The Morgan fingerprint density at radius 3 is 2.23 bits per heavy atom. The van der Waals surface area contributed by atoms with Gasteiger partial charge >= 0.3 is 0 Å². The standard InChI is InChI=1S/C20H24ClN3O5S2/c1-15-13-16(21)5-10-19(15)24(30(2,26)27)14-20(25)22-17-6-8-18(9-7-17)31(28,29)23-11-3-4-12-23/h5-10,13H,3-4,11-12,14H2,1-2H3,(H,22,25). The van der Waals surface area contributed by atoms with Crippen molar-refractivity contribution in [2.75, 3.05) is 35.5 Å². The first kappa shape index (κ1) is 23.5. The van der Waals surface area contributed by atoms with Gasteiger partial charge in [0.05, 0.1) is 16.8 Å². The van der Waals surface area contributed by atoms with Gasteiger partial charge in [0, 0.05) is 23.8 Å². The summed E-state index contributed by atoms with van der Waals surface area (Å²) in [5.41, 5.74) is 1.34. The quantitative estimate of drug-likeness (QED) is 0.649. The molecule has 1 heterocycles. The molecular formula is C20H24ClN3O5S2. The summed E-state index contributed by atoms with van der Waals surface area (Å²) in [5.74, 6) is -0.560. The summed E-state index contributed by atoms with van der Waals surface area (Å²) in [6, 6.07) is 10.6. The van der Waals surface area contributed by atoms with Crippen molar-refractivity contribution in [1.29, 1.82) is 0 Å². The fourth-order valence-corrected chi connectivity index (χ4v) is 6.06. The van der Waals surface area contributed by atoms with Crippen LogP contribution < -0.4 is 9.62 Å². The van der Waals surface area contributed by atoms with Crippen molar-refractivity contribution >= 4 is 48.9 Å². The number of hydrogen-bond donors (Lipinski definition) is 1. The number of sulfonamides is 2. The van der Waals surface area contributed by atoms with E-state index in [0.29, 0.717) is 35.1 Å². The Morgan fingerprint density at radius 2 is 1.68 bits per heavy atom. The Hall–Kier alpha value is -2.14. The zero-order valence-corrected chi connectivity index (χ0v) is 19.6. The number of carbonyl (C=O) groups excluding carboxylic acids is 1. The highest BCUT2D eigenvalue weighted by Gasteiger charge is 2.27. The molecule has 1 aliphatic heterocycles. The highest BCUT2D eigenvalue weighted by Crippen LogP contribution is 2.26. The summed E-state index contributed by atoms with van der Waals surface area (Å²) in [6.45, 7) is 2.28. The Labute approximate surface area is 187 Å². The molecule has 0 radical (unpaired) electrons. The van der Waals surface area contributed by atoms with Gasteiger partial charge < -0.3 is 5.32 Å². The van der Waals surface area contributed by atoms with Crippen LogP contribution in [0.4, 0.5) is 11.4 Å². The van der Waals surface area contributed by atoms with E-state index in [4.69, 9.17) is 11.6 Å². The van der Waals surface area contributed by atoms with Crippen LogP contribution in [0.2, 0.25) is 5.02 Å². The summed E-state index contributed by atoms with van der Waals surface area (Å²) in [6.07, 6.45) is 2.71. The number of nitrogens with zero attached hydrogens (tertiary/aromatic N) is 2. The average molecular weight is 486 g/mol. The van der Waals surface area contributed by atoms with E-state index in [1.807, 2.05) is 0 Å². The number of amides is 1. The van der Waals surface area contributed by atoms with Gasteiger partial charge in [-0.15, -0.1) is 0 Å². The van der Waals surface area contributed by atoms with Gasteiger partial charge in [-0.2, -0.15) is 4.31 Å². The molecule has 0 atom stereocenters. The van der Waals surface area contributed by atoms with Crippen molar-refractivity contribution in [2.45, 2.75) is 24.7 Å². The first-order valence-electron chi connectivity index (χ1n) is 9.62. The summed E-state index contributed by atoms with van der Waals surface area (Å²) < 4.78 is 52.2. The Morgan fingerprint density at radius 1 is 1.06 bits per heavy atom. The molecule has 3 rings (SSSR count). The lowest BCUT2D eigenvalue weighted by atomic mass is 10.2. The van der Waals surface area contributed by atoms with Crippen molar-refractivity contribution in [3.05, 3.63) is 53.1 Å². The minimum atomic E-state index is -3.73. The number of hydrogen-bond acceptors (Lipinski definition) is 5. The van der Waals surface area contributed by atoms with Crippen molar-refractivity contribution in [2.24, 2.45) is 0 Å². The summed E-state index contributed by atoms with van der Waals surface area (Å²) in [4.78, 5) is 12.7. The minimum Gasteiger partial charge on any atom is -0.325 e. The van der Waals surface area contributed by atoms with E-state index >= 15 is 0 Å².